The van der Waals surface area contributed by atoms with Gasteiger partial charge in [0.1, 0.15) is 0 Å². The van der Waals surface area contributed by atoms with Crippen molar-refractivity contribution < 1.29 is 0 Å². The lowest BCUT2D eigenvalue weighted by Gasteiger charge is -2.03. The van der Waals surface area contributed by atoms with Crippen LogP contribution in [0.5, 0.6) is 0 Å². The van der Waals surface area contributed by atoms with Gasteiger partial charge in [0.2, 0.25) is 0 Å². The van der Waals surface area contributed by atoms with Crippen LogP contribution >= 0.6 is 0 Å². The van der Waals surface area contributed by atoms with Crippen LogP contribution in [0.25, 0.3) is 0 Å². The summed E-state index contributed by atoms with van der Waals surface area (Å²) in [6, 6.07) is 0. The van der Waals surface area contributed by atoms with Crippen molar-refractivity contribution in [2.45, 2.75) is 12.8 Å². The van der Waals surface area contributed by atoms with E-state index in [9.17, 15) is 0 Å². The van der Waals surface area contributed by atoms with Crippen LogP contribution in [-0.2, 0) is 0 Å². The molecule has 0 unspecified atom stereocenters. The lowest BCUT2D eigenvalue weighted by atomic mass is 10.0. The van der Waals surface area contributed by atoms with E-state index in [1.807, 2.05) is 0 Å². The molecule has 0 saturated heterocycles. The SMILES string of the molecule is C1=CC=C2/C=C/CC=CC(=C1)C2. The maximum Gasteiger partial charge on any atom is -0.00260 e. The maximum absolute atomic E-state index is 2.22. The summed E-state index contributed by atoms with van der Waals surface area (Å²) in [6.07, 6.45) is 19.5. The minimum absolute atomic E-state index is 1.05. The Balaban J connectivity index is 2.38. The summed E-state index contributed by atoms with van der Waals surface area (Å²) < 4.78 is 0. The van der Waals surface area contributed by atoms with Gasteiger partial charge in [0.05, 0.1) is 0 Å². The number of hydrogen-bond acceptors (Lipinski definition) is 0. The molecule has 0 aromatic heterocycles. The van der Waals surface area contributed by atoms with Gasteiger partial charge in [-0.15, -0.1) is 0 Å². The van der Waals surface area contributed by atoms with E-state index in [1.54, 1.807) is 0 Å². The lowest BCUT2D eigenvalue weighted by molar-refractivity contribution is 1.18. The van der Waals surface area contributed by atoms with E-state index in [2.05, 4.69) is 48.6 Å². The zero-order chi connectivity index (χ0) is 8.23. The number of hydrogen-bond donors (Lipinski definition) is 0. The Morgan fingerprint density at radius 2 is 1.42 bits per heavy atom. The van der Waals surface area contributed by atoms with E-state index in [1.165, 1.54) is 11.1 Å². The van der Waals surface area contributed by atoms with Crippen molar-refractivity contribution in [2.75, 3.05) is 0 Å². The van der Waals surface area contributed by atoms with Gasteiger partial charge >= 0.3 is 0 Å². The third-order valence-electron chi connectivity index (χ3n) is 2.08. The van der Waals surface area contributed by atoms with Crippen LogP contribution in [0, 0.1) is 0 Å². The van der Waals surface area contributed by atoms with Gasteiger partial charge in [-0.25, -0.2) is 0 Å². The molecule has 0 radical (unpaired) electrons. The van der Waals surface area contributed by atoms with E-state index < -0.39 is 0 Å². The molecule has 2 bridgehead atoms. The van der Waals surface area contributed by atoms with Crippen molar-refractivity contribution in [3.8, 4) is 0 Å². The van der Waals surface area contributed by atoms with Crippen LogP contribution < -0.4 is 0 Å². The fourth-order valence-corrected chi connectivity index (χ4v) is 1.46. The third kappa shape index (κ3) is 1.65. The largest absolute Gasteiger partial charge is 0.0805 e. The molecule has 0 atom stereocenters. The van der Waals surface area contributed by atoms with Gasteiger partial charge in [-0.1, -0.05) is 48.6 Å². The van der Waals surface area contributed by atoms with Crippen LogP contribution in [0.3, 0.4) is 0 Å². The van der Waals surface area contributed by atoms with Crippen LogP contribution in [0.4, 0.5) is 0 Å². The molecule has 0 nitrogen and oxygen atoms in total. The minimum Gasteiger partial charge on any atom is -0.0805 e. The first-order chi connectivity index (χ1) is 5.95. The molecular formula is C12H12. The summed E-state index contributed by atoms with van der Waals surface area (Å²) in [5.74, 6) is 0. The minimum atomic E-state index is 1.05. The molecule has 0 amide bonds. The second kappa shape index (κ2) is 3.40. The molecule has 0 aromatic rings. The predicted octanol–water partition coefficient (Wildman–Crippen LogP) is 3.32. The Kier molecular flexibility index (Phi) is 2.08. The predicted molar refractivity (Wildman–Crippen MR) is 52.8 cm³/mol. The second-order valence-corrected chi connectivity index (χ2v) is 3.09. The summed E-state index contributed by atoms with van der Waals surface area (Å²) in [4.78, 5) is 0. The Morgan fingerprint density at radius 3 is 2.00 bits per heavy atom. The Labute approximate surface area is 73.3 Å². The Morgan fingerprint density at radius 1 is 0.833 bits per heavy atom. The van der Waals surface area contributed by atoms with Crippen molar-refractivity contribution in [1.29, 1.82) is 0 Å². The number of allylic oxidation sites excluding steroid dienone is 10. The van der Waals surface area contributed by atoms with Crippen molar-refractivity contribution >= 4 is 0 Å². The van der Waals surface area contributed by atoms with Gasteiger partial charge in [-0.2, -0.15) is 0 Å². The van der Waals surface area contributed by atoms with Gasteiger partial charge in [-0.3, -0.25) is 0 Å². The summed E-state index contributed by atoms with van der Waals surface area (Å²) in [5, 5.41) is 0. The average molecular weight is 156 g/mol. The molecule has 0 N–H and O–H groups in total. The Bertz CT molecular complexity index is 279. The number of rotatable bonds is 0. The second-order valence-electron chi connectivity index (χ2n) is 3.09. The van der Waals surface area contributed by atoms with E-state index in [4.69, 9.17) is 0 Å². The van der Waals surface area contributed by atoms with E-state index >= 15 is 0 Å². The molecular weight excluding hydrogens is 144 g/mol. The van der Waals surface area contributed by atoms with E-state index in [0.717, 1.165) is 12.8 Å². The van der Waals surface area contributed by atoms with Crippen LogP contribution in [0.15, 0.2) is 59.8 Å². The van der Waals surface area contributed by atoms with Gasteiger partial charge in [0.25, 0.3) is 0 Å². The van der Waals surface area contributed by atoms with Gasteiger partial charge in [0, 0.05) is 0 Å². The van der Waals surface area contributed by atoms with Crippen LogP contribution in [-0.4, -0.2) is 0 Å². The lowest BCUT2D eigenvalue weighted by Crippen LogP contribution is -1.84. The molecule has 2 rings (SSSR count). The van der Waals surface area contributed by atoms with Gasteiger partial charge in [0.15, 0.2) is 0 Å². The van der Waals surface area contributed by atoms with Crippen molar-refractivity contribution in [3.63, 3.8) is 0 Å². The highest BCUT2D eigenvalue weighted by atomic mass is 14.0. The van der Waals surface area contributed by atoms with E-state index in [0.29, 0.717) is 0 Å². The fourth-order valence-electron chi connectivity index (χ4n) is 1.46. The summed E-state index contributed by atoms with van der Waals surface area (Å²) in [6.45, 7) is 0. The first-order valence-electron chi connectivity index (χ1n) is 4.34. The highest BCUT2D eigenvalue weighted by molar-refractivity contribution is 5.39. The monoisotopic (exact) mass is 156 g/mol. The van der Waals surface area contributed by atoms with Crippen LogP contribution in [0.1, 0.15) is 12.8 Å². The summed E-state index contributed by atoms with van der Waals surface area (Å²) in [5.41, 5.74) is 2.80. The van der Waals surface area contributed by atoms with Gasteiger partial charge < -0.3 is 0 Å². The average Bonchev–Trinajstić information content (AvgIpc) is 2.25. The van der Waals surface area contributed by atoms with Crippen molar-refractivity contribution in [1.82, 2.24) is 0 Å². The van der Waals surface area contributed by atoms with Gasteiger partial charge in [-0.05, 0) is 24.0 Å². The molecule has 2 aliphatic rings. The number of fused-ring (bicyclic) bond motifs is 2. The molecule has 0 heteroatoms. The standard InChI is InChI=1S/C12H12/c1-2-6-11-8-4-5-9-12(10-11)7-3-1/h2-9H,1,10H2/b6-2+,7-3?. The first-order valence-corrected chi connectivity index (χ1v) is 4.34. The molecule has 0 aromatic carbocycles. The normalized spacial score (nSPS) is 23.3. The topological polar surface area (TPSA) is 0 Å². The summed E-state index contributed by atoms with van der Waals surface area (Å²) in [7, 11) is 0. The van der Waals surface area contributed by atoms with Crippen molar-refractivity contribution in [2.24, 2.45) is 0 Å². The molecule has 12 heavy (non-hydrogen) atoms. The first kappa shape index (κ1) is 7.35. The third-order valence-corrected chi connectivity index (χ3v) is 2.08. The fraction of sp³-hybridized carbons (Fsp3) is 0.167. The molecule has 0 fully saturated rings. The summed E-state index contributed by atoms with van der Waals surface area (Å²) >= 11 is 0. The zero-order valence-electron chi connectivity index (χ0n) is 7.03. The Hall–Kier alpha value is -1.30. The highest BCUT2D eigenvalue weighted by Crippen LogP contribution is 2.19. The van der Waals surface area contributed by atoms with E-state index in [-0.39, 0.29) is 0 Å². The molecule has 0 spiro atoms. The smallest absolute Gasteiger partial charge is 0.00260 e. The molecule has 2 aliphatic carbocycles. The highest BCUT2D eigenvalue weighted by Gasteiger charge is 1.99. The maximum atomic E-state index is 2.22. The molecule has 0 heterocycles. The zero-order valence-corrected chi connectivity index (χ0v) is 7.03. The van der Waals surface area contributed by atoms with Crippen LogP contribution in [0.2, 0.25) is 0 Å². The quantitative estimate of drug-likeness (QED) is 0.504. The molecule has 0 saturated carbocycles. The molecule has 0 aliphatic heterocycles. The molecule has 60 valence electrons. The van der Waals surface area contributed by atoms with Crippen molar-refractivity contribution in [3.05, 3.63) is 59.8 Å².